The second-order valence-electron chi connectivity index (χ2n) is 7.23. The van der Waals surface area contributed by atoms with Gasteiger partial charge in [-0.15, -0.1) is 11.3 Å². The lowest BCUT2D eigenvalue weighted by Gasteiger charge is -2.08. The van der Waals surface area contributed by atoms with Gasteiger partial charge in [-0.1, -0.05) is 30.3 Å². The van der Waals surface area contributed by atoms with Gasteiger partial charge in [-0.25, -0.2) is 4.98 Å². The molecule has 1 aliphatic rings. The highest BCUT2D eigenvalue weighted by Gasteiger charge is 2.21. The third-order valence-electron chi connectivity index (χ3n) is 5.29. The topological polar surface area (TPSA) is 64.0 Å². The third-order valence-corrected chi connectivity index (χ3v) is 6.49. The minimum absolute atomic E-state index is 0.0281. The first-order valence-electron chi connectivity index (χ1n) is 9.64. The van der Waals surface area contributed by atoms with Gasteiger partial charge in [0.1, 0.15) is 4.83 Å². The molecule has 2 aromatic heterocycles. The lowest BCUT2D eigenvalue weighted by atomic mass is 10.1. The van der Waals surface area contributed by atoms with Crippen LogP contribution in [-0.4, -0.2) is 15.5 Å². The summed E-state index contributed by atoms with van der Waals surface area (Å²) in [5.41, 5.74) is 3.52. The Morgan fingerprint density at radius 2 is 1.86 bits per heavy atom. The van der Waals surface area contributed by atoms with E-state index in [1.165, 1.54) is 10.4 Å². The fourth-order valence-electron chi connectivity index (χ4n) is 3.82. The predicted octanol–water partition coefficient (Wildman–Crippen LogP) is 4.25. The highest BCUT2D eigenvalue weighted by Crippen LogP contribution is 2.34. The maximum atomic E-state index is 13.0. The van der Waals surface area contributed by atoms with Crippen LogP contribution in [0.2, 0.25) is 0 Å². The zero-order chi connectivity index (χ0) is 19.8. The van der Waals surface area contributed by atoms with Crippen molar-refractivity contribution in [2.45, 2.75) is 25.8 Å². The predicted molar refractivity (Wildman–Crippen MR) is 116 cm³/mol. The van der Waals surface area contributed by atoms with Gasteiger partial charge in [0, 0.05) is 16.1 Å². The highest BCUT2D eigenvalue weighted by atomic mass is 32.1. The average molecular weight is 401 g/mol. The molecule has 0 spiro atoms. The van der Waals surface area contributed by atoms with Gasteiger partial charge in [-0.3, -0.25) is 14.2 Å². The number of carbonyl (C=O) groups is 1. The molecule has 5 rings (SSSR count). The molecule has 29 heavy (non-hydrogen) atoms. The number of anilines is 1. The van der Waals surface area contributed by atoms with Crippen molar-refractivity contribution in [2.24, 2.45) is 0 Å². The molecule has 1 N–H and O–H groups in total. The first-order chi connectivity index (χ1) is 14.2. The van der Waals surface area contributed by atoms with Crippen LogP contribution in [0.15, 0.2) is 65.7 Å². The number of nitrogens with one attached hydrogen (secondary N) is 1. The van der Waals surface area contributed by atoms with Crippen LogP contribution in [0.3, 0.4) is 0 Å². The average Bonchev–Trinajstić information content (AvgIpc) is 3.32. The minimum atomic E-state index is -0.156. The second kappa shape index (κ2) is 7.29. The molecule has 0 bridgehead atoms. The Kier molecular flexibility index (Phi) is 4.48. The van der Waals surface area contributed by atoms with Crippen molar-refractivity contribution in [3.8, 4) is 0 Å². The van der Waals surface area contributed by atoms with Crippen molar-refractivity contribution in [3.63, 3.8) is 0 Å². The van der Waals surface area contributed by atoms with Crippen LogP contribution in [-0.2, 0) is 19.4 Å². The maximum Gasteiger partial charge on any atom is 0.262 e. The number of para-hydroxylation sites is 1. The van der Waals surface area contributed by atoms with E-state index in [0.717, 1.165) is 40.7 Å². The first-order valence-corrected chi connectivity index (χ1v) is 10.5. The molecule has 5 nitrogen and oxygen atoms in total. The monoisotopic (exact) mass is 401 g/mol. The van der Waals surface area contributed by atoms with E-state index in [-0.39, 0.29) is 11.5 Å². The largest absolute Gasteiger partial charge is 0.322 e. The number of aryl methyl sites for hydroxylation is 2. The van der Waals surface area contributed by atoms with Crippen molar-refractivity contribution in [1.29, 1.82) is 0 Å². The summed E-state index contributed by atoms with van der Waals surface area (Å²) in [6, 6.07) is 16.7. The SMILES string of the molecule is O=C(Nc1ccccc1)c1ccc(Cn2cnc3sc4c(c3c2=O)CCC4)cc1. The lowest BCUT2D eigenvalue weighted by Crippen LogP contribution is -2.21. The smallest absolute Gasteiger partial charge is 0.262 e. The molecular formula is C23H19N3O2S. The van der Waals surface area contributed by atoms with Gasteiger partial charge < -0.3 is 5.32 Å². The molecule has 0 atom stereocenters. The summed E-state index contributed by atoms with van der Waals surface area (Å²) in [6.45, 7) is 0.437. The van der Waals surface area contributed by atoms with Crippen LogP contribution in [0.4, 0.5) is 5.69 Å². The first kappa shape index (κ1) is 17.8. The molecule has 0 radical (unpaired) electrons. The molecule has 1 amide bonds. The van der Waals surface area contributed by atoms with E-state index in [4.69, 9.17) is 0 Å². The fraction of sp³-hybridized carbons (Fsp3) is 0.174. The fourth-order valence-corrected chi connectivity index (χ4v) is 5.03. The van der Waals surface area contributed by atoms with E-state index in [1.54, 1.807) is 34.4 Å². The van der Waals surface area contributed by atoms with Crippen LogP contribution < -0.4 is 10.9 Å². The molecule has 1 aliphatic carbocycles. The van der Waals surface area contributed by atoms with Gasteiger partial charge in [0.25, 0.3) is 11.5 Å². The summed E-state index contributed by atoms with van der Waals surface area (Å²) in [6.07, 6.45) is 4.79. The summed E-state index contributed by atoms with van der Waals surface area (Å²) in [7, 11) is 0. The molecule has 2 heterocycles. The Balaban J connectivity index is 1.37. The molecule has 144 valence electrons. The quantitative estimate of drug-likeness (QED) is 0.556. The molecule has 4 aromatic rings. The normalized spacial score (nSPS) is 12.8. The Labute approximate surface area is 171 Å². The van der Waals surface area contributed by atoms with E-state index in [2.05, 4.69) is 10.3 Å². The van der Waals surface area contributed by atoms with E-state index in [9.17, 15) is 9.59 Å². The molecule has 0 unspecified atom stereocenters. The number of hydrogen-bond acceptors (Lipinski definition) is 4. The van der Waals surface area contributed by atoms with Crippen LogP contribution in [0.5, 0.6) is 0 Å². The van der Waals surface area contributed by atoms with Gasteiger partial charge in [-0.05, 0) is 54.7 Å². The van der Waals surface area contributed by atoms with Gasteiger partial charge in [0.15, 0.2) is 0 Å². The summed E-state index contributed by atoms with van der Waals surface area (Å²) in [4.78, 5) is 32.1. The number of nitrogens with zero attached hydrogens (tertiary/aromatic N) is 2. The van der Waals surface area contributed by atoms with Crippen LogP contribution in [0, 0.1) is 0 Å². The van der Waals surface area contributed by atoms with Crippen molar-refractivity contribution in [1.82, 2.24) is 9.55 Å². The number of amides is 1. The number of hydrogen-bond donors (Lipinski definition) is 1. The summed E-state index contributed by atoms with van der Waals surface area (Å²) < 4.78 is 1.66. The maximum absolute atomic E-state index is 13.0. The molecule has 2 aromatic carbocycles. The third kappa shape index (κ3) is 3.36. The number of benzene rings is 2. The zero-order valence-corrected chi connectivity index (χ0v) is 16.5. The number of carbonyl (C=O) groups excluding carboxylic acids is 1. The van der Waals surface area contributed by atoms with Gasteiger partial charge >= 0.3 is 0 Å². The summed E-state index contributed by atoms with van der Waals surface area (Å²) >= 11 is 1.65. The van der Waals surface area contributed by atoms with E-state index in [0.29, 0.717) is 12.1 Å². The van der Waals surface area contributed by atoms with Crippen LogP contribution in [0.1, 0.15) is 32.8 Å². The number of rotatable bonds is 4. The molecule has 0 aliphatic heterocycles. The van der Waals surface area contributed by atoms with Crippen LogP contribution >= 0.6 is 11.3 Å². The Bertz CT molecular complexity index is 1260. The summed E-state index contributed by atoms with van der Waals surface area (Å²) in [5.74, 6) is -0.156. The molecule has 6 heteroatoms. The lowest BCUT2D eigenvalue weighted by molar-refractivity contribution is 0.102. The molecule has 0 saturated carbocycles. The number of thiophene rings is 1. The Morgan fingerprint density at radius 1 is 1.07 bits per heavy atom. The van der Waals surface area contributed by atoms with Crippen LogP contribution in [0.25, 0.3) is 10.2 Å². The Hall–Kier alpha value is -3.25. The van der Waals surface area contributed by atoms with Gasteiger partial charge in [-0.2, -0.15) is 0 Å². The second-order valence-corrected chi connectivity index (χ2v) is 8.32. The van der Waals surface area contributed by atoms with E-state index < -0.39 is 0 Å². The molecule has 0 saturated heterocycles. The number of aromatic nitrogens is 2. The van der Waals surface area contributed by atoms with E-state index in [1.807, 2.05) is 42.5 Å². The summed E-state index contributed by atoms with van der Waals surface area (Å²) in [5, 5.41) is 3.67. The van der Waals surface area contributed by atoms with E-state index >= 15 is 0 Å². The van der Waals surface area contributed by atoms with Gasteiger partial charge in [0.05, 0.1) is 18.3 Å². The minimum Gasteiger partial charge on any atom is -0.322 e. The zero-order valence-electron chi connectivity index (χ0n) is 15.7. The van der Waals surface area contributed by atoms with Gasteiger partial charge in [0.2, 0.25) is 0 Å². The van der Waals surface area contributed by atoms with Crippen molar-refractivity contribution < 1.29 is 4.79 Å². The van der Waals surface area contributed by atoms with Crippen molar-refractivity contribution in [2.75, 3.05) is 5.32 Å². The number of fused-ring (bicyclic) bond motifs is 3. The van der Waals surface area contributed by atoms with Crippen molar-refractivity contribution >= 4 is 33.1 Å². The Morgan fingerprint density at radius 3 is 2.66 bits per heavy atom. The molecule has 0 fully saturated rings. The molecular weight excluding hydrogens is 382 g/mol. The van der Waals surface area contributed by atoms with Crippen molar-refractivity contribution in [3.05, 3.63) is 92.8 Å². The standard InChI is InChI=1S/C23H19N3O2S/c27-21(25-17-5-2-1-3-6-17)16-11-9-15(10-12-16)13-26-14-24-22-20(23(26)28)18-7-4-8-19(18)29-22/h1-3,5-6,9-12,14H,4,7-8,13H2,(H,25,27). The highest BCUT2D eigenvalue weighted by molar-refractivity contribution is 7.18.